The Morgan fingerprint density at radius 1 is 1.16 bits per heavy atom. The summed E-state index contributed by atoms with van der Waals surface area (Å²) in [6.07, 6.45) is -0.786. The smallest absolute Gasteiger partial charge is 0.352 e. The van der Waals surface area contributed by atoms with Gasteiger partial charge in [0.1, 0.15) is 0 Å². The summed E-state index contributed by atoms with van der Waals surface area (Å²) in [6, 6.07) is 0.872. The SMILES string of the molecule is CCn1nc(C(=O)N2CC(F)(F)C[C@@H](C)[C@H]2CNc2ncc(C(F)(F)F)cn2)c(-c2ncccn2)c1C. The molecular weight excluding hydrogens is 499 g/mol. The van der Waals surface area contributed by atoms with Crippen molar-refractivity contribution >= 4 is 11.9 Å². The van der Waals surface area contributed by atoms with Gasteiger partial charge in [-0.05, 0) is 25.8 Å². The quantitative estimate of drug-likeness (QED) is 0.485. The summed E-state index contributed by atoms with van der Waals surface area (Å²) in [5.41, 5.74) is -0.0993. The fourth-order valence-electron chi connectivity index (χ4n) is 4.48. The molecule has 198 valence electrons. The van der Waals surface area contributed by atoms with E-state index in [2.05, 4.69) is 30.4 Å². The van der Waals surface area contributed by atoms with Crippen LogP contribution in [-0.2, 0) is 12.7 Å². The highest BCUT2D eigenvalue weighted by molar-refractivity contribution is 5.99. The number of halogens is 5. The number of hydrogen-bond donors (Lipinski definition) is 1. The number of carbonyl (C=O) groups excluding carboxylic acids is 1. The molecule has 1 amide bonds. The van der Waals surface area contributed by atoms with Crippen LogP contribution in [0, 0.1) is 12.8 Å². The number of hydrogen-bond acceptors (Lipinski definition) is 7. The molecule has 4 rings (SSSR count). The molecule has 1 saturated heterocycles. The molecule has 3 aromatic heterocycles. The molecule has 3 aromatic rings. The van der Waals surface area contributed by atoms with Gasteiger partial charge < -0.3 is 10.2 Å². The Hall–Kier alpha value is -3.71. The normalized spacial score (nSPS) is 19.6. The van der Waals surface area contributed by atoms with Gasteiger partial charge in [-0.15, -0.1) is 0 Å². The second kappa shape index (κ2) is 9.98. The third kappa shape index (κ3) is 5.52. The van der Waals surface area contributed by atoms with E-state index in [9.17, 15) is 26.7 Å². The molecule has 1 aliphatic rings. The summed E-state index contributed by atoms with van der Waals surface area (Å²) >= 11 is 0. The minimum atomic E-state index is -4.59. The molecule has 0 radical (unpaired) electrons. The Labute approximate surface area is 209 Å². The maximum absolute atomic E-state index is 14.7. The standard InChI is InChI=1S/C23H25F5N8O/c1-4-36-14(3)17(19-29-6-5-7-30-19)18(34-36)20(37)35-12-22(24,25)8-13(2)16(35)11-33-21-31-9-15(10-32-21)23(26,27)28/h5-7,9-10,13,16H,4,8,11-12H2,1-3H3,(H,31,32,33)/t13-,16-/m1/s1. The first-order chi connectivity index (χ1) is 17.4. The molecule has 0 saturated carbocycles. The molecule has 4 heterocycles. The van der Waals surface area contributed by atoms with Gasteiger partial charge in [0.15, 0.2) is 11.5 Å². The van der Waals surface area contributed by atoms with Crippen LogP contribution in [0.5, 0.6) is 0 Å². The van der Waals surface area contributed by atoms with Gasteiger partial charge in [0.05, 0.1) is 23.7 Å². The van der Waals surface area contributed by atoms with E-state index in [1.807, 2.05) is 6.92 Å². The van der Waals surface area contributed by atoms with Crippen molar-refractivity contribution in [1.29, 1.82) is 0 Å². The van der Waals surface area contributed by atoms with Crippen molar-refractivity contribution in [3.05, 3.63) is 47.8 Å². The number of nitrogens with zero attached hydrogens (tertiary/aromatic N) is 7. The molecule has 1 aliphatic heterocycles. The number of likely N-dealkylation sites (tertiary alicyclic amines) is 1. The molecule has 1 N–H and O–H groups in total. The number of carbonyl (C=O) groups is 1. The van der Waals surface area contributed by atoms with E-state index < -0.39 is 48.5 Å². The number of piperidine rings is 1. The van der Waals surface area contributed by atoms with Crippen LogP contribution in [0.15, 0.2) is 30.9 Å². The van der Waals surface area contributed by atoms with Gasteiger partial charge in [-0.1, -0.05) is 6.92 Å². The first-order valence-electron chi connectivity index (χ1n) is 11.6. The van der Waals surface area contributed by atoms with Crippen molar-refractivity contribution in [2.75, 3.05) is 18.4 Å². The van der Waals surface area contributed by atoms with Crippen LogP contribution < -0.4 is 5.32 Å². The maximum atomic E-state index is 14.7. The molecule has 2 atom stereocenters. The van der Waals surface area contributed by atoms with E-state index in [1.165, 1.54) is 12.4 Å². The van der Waals surface area contributed by atoms with Gasteiger partial charge >= 0.3 is 6.18 Å². The molecule has 14 heteroatoms. The molecule has 37 heavy (non-hydrogen) atoms. The molecule has 9 nitrogen and oxygen atoms in total. The van der Waals surface area contributed by atoms with Crippen molar-refractivity contribution in [2.45, 2.75) is 51.9 Å². The first-order valence-corrected chi connectivity index (χ1v) is 11.6. The lowest BCUT2D eigenvalue weighted by molar-refractivity contribution is -0.138. The Bertz CT molecular complexity index is 1250. The number of anilines is 1. The van der Waals surface area contributed by atoms with Gasteiger partial charge in [-0.25, -0.2) is 28.7 Å². The summed E-state index contributed by atoms with van der Waals surface area (Å²) in [5, 5.41) is 7.17. The van der Waals surface area contributed by atoms with Crippen molar-refractivity contribution in [3.63, 3.8) is 0 Å². The fourth-order valence-corrected chi connectivity index (χ4v) is 4.48. The van der Waals surface area contributed by atoms with Crippen molar-refractivity contribution < 1.29 is 26.7 Å². The van der Waals surface area contributed by atoms with E-state index in [4.69, 9.17) is 0 Å². The summed E-state index contributed by atoms with van der Waals surface area (Å²) < 4.78 is 69.3. The van der Waals surface area contributed by atoms with Gasteiger partial charge in [-0.3, -0.25) is 9.48 Å². The molecule has 0 unspecified atom stereocenters. The van der Waals surface area contributed by atoms with Crippen LogP contribution >= 0.6 is 0 Å². The van der Waals surface area contributed by atoms with Crippen LogP contribution in [0.3, 0.4) is 0 Å². The van der Waals surface area contributed by atoms with Crippen LogP contribution in [0.1, 0.15) is 42.0 Å². The third-order valence-electron chi connectivity index (χ3n) is 6.29. The molecule has 0 aliphatic carbocycles. The van der Waals surface area contributed by atoms with Gasteiger partial charge in [0.25, 0.3) is 11.8 Å². The maximum Gasteiger partial charge on any atom is 0.419 e. The first kappa shape index (κ1) is 26.4. The molecule has 0 bridgehead atoms. The predicted molar refractivity (Wildman–Crippen MR) is 123 cm³/mol. The number of rotatable bonds is 6. The van der Waals surface area contributed by atoms with E-state index in [1.54, 1.807) is 24.6 Å². The number of amides is 1. The zero-order valence-electron chi connectivity index (χ0n) is 20.3. The molecular formula is C23H25F5N8O. The van der Waals surface area contributed by atoms with E-state index in [0.29, 0.717) is 30.2 Å². The minimum Gasteiger partial charge on any atom is -0.352 e. The van der Waals surface area contributed by atoms with Crippen molar-refractivity contribution in [2.24, 2.45) is 5.92 Å². The number of alkyl halides is 5. The Balaban J connectivity index is 1.65. The highest BCUT2D eigenvalue weighted by atomic mass is 19.4. The highest BCUT2D eigenvalue weighted by Crippen LogP contribution is 2.36. The summed E-state index contributed by atoms with van der Waals surface area (Å²) in [7, 11) is 0. The Morgan fingerprint density at radius 2 is 1.81 bits per heavy atom. The number of aryl methyl sites for hydroxylation is 1. The monoisotopic (exact) mass is 524 g/mol. The zero-order valence-corrected chi connectivity index (χ0v) is 20.3. The van der Waals surface area contributed by atoms with Crippen LogP contribution in [0.4, 0.5) is 27.9 Å². The van der Waals surface area contributed by atoms with Gasteiger partial charge in [-0.2, -0.15) is 18.3 Å². The lowest BCUT2D eigenvalue weighted by Gasteiger charge is -2.43. The van der Waals surface area contributed by atoms with E-state index in [0.717, 1.165) is 4.90 Å². The van der Waals surface area contributed by atoms with E-state index >= 15 is 0 Å². The number of nitrogens with one attached hydrogen (secondary N) is 1. The third-order valence-corrected chi connectivity index (χ3v) is 6.29. The Morgan fingerprint density at radius 3 is 2.41 bits per heavy atom. The van der Waals surface area contributed by atoms with Crippen LogP contribution in [-0.4, -0.2) is 65.6 Å². The van der Waals surface area contributed by atoms with Gasteiger partial charge in [0, 0.05) is 50.0 Å². The Kier molecular flexibility index (Phi) is 7.11. The average molecular weight is 524 g/mol. The zero-order chi connectivity index (χ0) is 27.0. The molecule has 0 spiro atoms. The highest BCUT2D eigenvalue weighted by Gasteiger charge is 2.47. The van der Waals surface area contributed by atoms with Crippen LogP contribution in [0.25, 0.3) is 11.4 Å². The molecule has 0 aromatic carbocycles. The fraction of sp³-hybridized carbons (Fsp3) is 0.478. The topological polar surface area (TPSA) is 102 Å². The average Bonchev–Trinajstić information content (AvgIpc) is 3.18. The second-order valence-corrected chi connectivity index (χ2v) is 8.91. The largest absolute Gasteiger partial charge is 0.419 e. The van der Waals surface area contributed by atoms with Gasteiger partial charge in [0.2, 0.25) is 5.95 Å². The minimum absolute atomic E-state index is 0.0498. The lowest BCUT2D eigenvalue weighted by atomic mass is 9.88. The summed E-state index contributed by atoms with van der Waals surface area (Å²) in [4.78, 5) is 30.6. The summed E-state index contributed by atoms with van der Waals surface area (Å²) in [6.45, 7) is 4.69. The van der Waals surface area contributed by atoms with Crippen molar-refractivity contribution in [3.8, 4) is 11.4 Å². The van der Waals surface area contributed by atoms with Crippen molar-refractivity contribution in [1.82, 2.24) is 34.6 Å². The lowest BCUT2D eigenvalue weighted by Crippen LogP contribution is -2.57. The predicted octanol–water partition coefficient (Wildman–Crippen LogP) is 4.08. The summed E-state index contributed by atoms with van der Waals surface area (Å²) in [5.74, 6) is -4.38. The van der Waals surface area contributed by atoms with E-state index in [-0.39, 0.29) is 24.0 Å². The second-order valence-electron chi connectivity index (χ2n) is 8.91. The number of aromatic nitrogens is 6. The molecule has 1 fully saturated rings. The van der Waals surface area contributed by atoms with Crippen LogP contribution in [0.2, 0.25) is 0 Å².